The van der Waals surface area contributed by atoms with Crippen LogP contribution in [0.1, 0.15) is 31.4 Å². The third kappa shape index (κ3) is 3.61. The molecule has 1 fully saturated rings. The molecule has 5 heteroatoms. The summed E-state index contributed by atoms with van der Waals surface area (Å²) in [6.07, 6.45) is 6.95. The van der Waals surface area contributed by atoms with E-state index in [1.54, 1.807) is 12.1 Å². The first-order valence-corrected chi connectivity index (χ1v) is 7.40. The van der Waals surface area contributed by atoms with Gasteiger partial charge in [-0.1, -0.05) is 6.07 Å². The number of hydrogen-bond donors (Lipinski definition) is 1. The van der Waals surface area contributed by atoms with E-state index < -0.39 is 5.95 Å². The minimum absolute atomic E-state index is 0.360. The van der Waals surface area contributed by atoms with Crippen molar-refractivity contribution in [3.8, 4) is 11.4 Å². The molecule has 1 aliphatic carbocycles. The lowest BCUT2D eigenvalue weighted by Gasteiger charge is -2.25. The Morgan fingerprint density at radius 3 is 2.67 bits per heavy atom. The Bertz CT molecular complexity index is 609. The first-order chi connectivity index (χ1) is 10.2. The number of rotatable bonds is 3. The summed E-state index contributed by atoms with van der Waals surface area (Å²) in [5, 5.41) is 0. The molecular weight excluding hydrogens is 267 g/mol. The van der Waals surface area contributed by atoms with Crippen LogP contribution >= 0.6 is 0 Å². The zero-order valence-electron chi connectivity index (χ0n) is 11.9. The van der Waals surface area contributed by atoms with Crippen molar-refractivity contribution >= 4 is 0 Å². The third-order valence-corrected chi connectivity index (χ3v) is 4.09. The molecule has 0 saturated heterocycles. The van der Waals surface area contributed by atoms with Crippen LogP contribution in [0.25, 0.3) is 11.4 Å². The fraction of sp³-hybridized carbons (Fsp3) is 0.438. The number of nitrogens with zero attached hydrogens (tertiary/aromatic N) is 3. The molecule has 2 aromatic rings. The maximum Gasteiger partial charge on any atom is 0.213 e. The quantitative estimate of drug-likeness (QED) is 0.881. The van der Waals surface area contributed by atoms with E-state index in [1.807, 2.05) is 6.07 Å². The van der Waals surface area contributed by atoms with E-state index in [0.29, 0.717) is 23.3 Å². The second-order valence-corrected chi connectivity index (χ2v) is 5.73. The van der Waals surface area contributed by atoms with Gasteiger partial charge in [-0.05, 0) is 56.2 Å². The van der Waals surface area contributed by atoms with Crippen molar-refractivity contribution in [1.82, 2.24) is 15.0 Å². The van der Waals surface area contributed by atoms with Gasteiger partial charge in [0.15, 0.2) is 0 Å². The minimum atomic E-state index is -0.492. The fourth-order valence-electron chi connectivity index (χ4n) is 2.89. The Morgan fingerprint density at radius 1 is 1.10 bits per heavy atom. The lowest BCUT2D eigenvalue weighted by atomic mass is 9.83. The summed E-state index contributed by atoms with van der Waals surface area (Å²) in [5.41, 5.74) is 8.15. The van der Waals surface area contributed by atoms with E-state index in [0.717, 1.165) is 37.8 Å². The molecule has 0 spiro atoms. The standard InChI is InChI=1S/C16H19FN4/c17-16-3-1-2-14(21-16)15-9-13(19-10-20-15)8-11-4-6-12(18)7-5-11/h1-3,9-12H,4-8,18H2. The van der Waals surface area contributed by atoms with Gasteiger partial charge >= 0.3 is 0 Å². The molecule has 1 saturated carbocycles. The molecular formula is C16H19FN4. The van der Waals surface area contributed by atoms with Gasteiger partial charge in [0.25, 0.3) is 0 Å². The van der Waals surface area contributed by atoms with Crippen molar-refractivity contribution in [1.29, 1.82) is 0 Å². The Kier molecular flexibility index (Phi) is 4.20. The molecule has 4 nitrogen and oxygen atoms in total. The summed E-state index contributed by atoms with van der Waals surface area (Å²) >= 11 is 0. The third-order valence-electron chi connectivity index (χ3n) is 4.09. The number of aromatic nitrogens is 3. The first kappa shape index (κ1) is 14.1. The van der Waals surface area contributed by atoms with Gasteiger partial charge in [-0.15, -0.1) is 0 Å². The number of pyridine rings is 1. The predicted molar refractivity (Wildman–Crippen MR) is 78.9 cm³/mol. The van der Waals surface area contributed by atoms with Crippen LogP contribution in [0.2, 0.25) is 0 Å². The second kappa shape index (κ2) is 6.26. The molecule has 0 bridgehead atoms. The van der Waals surface area contributed by atoms with Crippen LogP contribution in [-0.2, 0) is 6.42 Å². The molecule has 1 aliphatic rings. The summed E-state index contributed by atoms with van der Waals surface area (Å²) in [7, 11) is 0. The fourth-order valence-corrected chi connectivity index (χ4v) is 2.89. The summed E-state index contributed by atoms with van der Waals surface area (Å²) in [4.78, 5) is 12.4. The lowest BCUT2D eigenvalue weighted by molar-refractivity contribution is 0.323. The highest BCUT2D eigenvalue weighted by Gasteiger charge is 2.19. The normalized spacial score (nSPS) is 22.2. The summed E-state index contributed by atoms with van der Waals surface area (Å²) in [5.74, 6) is 0.141. The highest BCUT2D eigenvalue weighted by Crippen LogP contribution is 2.26. The summed E-state index contributed by atoms with van der Waals surface area (Å²) in [6.45, 7) is 0. The van der Waals surface area contributed by atoms with Crippen LogP contribution < -0.4 is 5.73 Å². The largest absolute Gasteiger partial charge is 0.328 e. The van der Waals surface area contributed by atoms with Gasteiger partial charge in [-0.3, -0.25) is 0 Å². The highest BCUT2D eigenvalue weighted by atomic mass is 19.1. The lowest BCUT2D eigenvalue weighted by Crippen LogP contribution is -2.27. The summed E-state index contributed by atoms with van der Waals surface area (Å²) < 4.78 is 13.2. The molecule has 2 N–H and O–H groups in total. The van der Waals surface area contributed by atoms with Gasteiger partial charge in [0.2, 0.25) is 5.95 Å². The summed E-state index contributed by atoms with van der Waals surface area (Å²) in [6, 6.07) is 7.00. The zero-order valence-corrected chi connectivity index (χ0v) is 11.9. The molecule has 0 aliphatic heterocycles. The van der Waals surface area contributed by atoms with Gasteiger partial charge in [-0.25, -0.2) is 15.0 Å². The molecule has 0 amide bonds. The van der Waals surface area contributed by atoms with E-state index in [2.05, 4.69) is 15.0 Å². The van der Waals surface area contributed by atoms with Crippen molar-refractivity contribution in [3.05, 3.63) is 42.2 Å². The molecule has 0 radical (unpaired) electrons. The Hall–Kier alpha value is -1.88. The van der Waals surface area contributed by atoms with Gasteiger partial charge in [0.1, 0.15) is 6.33 Å². The topological polar surface area (TPSA) is 64.7 Å². The van der Waals surface area contributed by atoms with Gasteiger partial charge in [0.05, 0.1) is 11.4 Å². The van der Waals surface area contributed by atoms with Gasteiger partial charge in [-0.2, -0.15) is 4.39 Å². The Balaban J connectivity index is 1.74. The molecule has 110 valence electrons. The van der Waals surface area contributed by atoms with Gasteiger partial charge in [0, 0.05) is 11.7 Å². The van der Waals surface area contributed by atoms with Crippen LogP contribution in [0, 0.1) is 11.9 Å². The number of nitrogens with two attached hydrogens (primary N) is 1. The minimum Gasteiger partial charge on any atom is -0.328 e. The first-order valence-electron chi connectivity index (χ1n) is 7.40. The molecule has 21 heavy (non-hydrogen) atoms. The monoisotopic (exact) mass is 286 g/mol. The number of halogens is 1. The van der Waals surface area contributed by atoms with Crippen molar-refractivity contribution in [2.24, 2.45) is 11.7 Å². The van der Waals surface area contributed by atoms with Crippen molar-refractivity contribution in [2.75, 3.05) is 0 Å². The van der Waals surface area contributed by atoms with Crippen LogP contribution in [0.4, 0.5) is 4.39 Å². The van der Waals surface area contributed by atoms with E-state index in [9.17, 15) is 4.39 Å². The van der Waals surface area contributed by atoms with E-state index in [-0.39, 0.29) is 0 Å². The van der Waals surface area contributed by atoms with Crippen molar-refractivity contribution in [3.63, 3.8) is 0 Å². The second-order valence-electron chi connectivity index (χ2n) is 5.73. The predicted octanol–water partition coefficient (Wildman–Crippen LogP) is 2.74. The van der Waals surface area contributed by atoms with E-state index in [1.165, 1.54) is 12.4 Å². The maximum absolute atomic E-state index is 13.2. The SMILES string of the molecule is NC1CCC(Cc2cc(-c3cccc(F)n3)ncn2)CC1. The molecule has 2 aromatic heterocycles. The average Bonchev–Trinajstić information content (AvgIpc) is 2.50. The molecule has 0 atom stereocenters. The van der Waals surface area contributed by atoms with E-state index >= 15 is 0 Å². The van der Waals surface area contributed by atoms with Gasteiger partial charge < -0.3 is 5.73 Å². The molecule has 3 rings (SSSR count). The smallest absolute Gasteiger partial charge is 0.213 e. The molecule has 2 heterocycles. The zero-order chi connectivity index (χ0) is 14.7. The average molecular weight is 286 g/mol. The number of hydrogen-bond acceptors (Lipinski definition) is 4. The van der Waals surface area contributed by atoms with Crippen LogP contribution in [0.3, 0.4) is 0 Å². The maximum atomic E-state index is 13.2. The molecule has 0 aromatic carbocycles. The van der Waals surface area contributed by atoms with E-state index in [4.69, 9.17) is 5.73 Å². The Morgan fingerprint density at radius 2 is 1.90 bits per heavy atom. The van der Waals surface area contributed by atoms with Crippen LogP contribution in [0.15, 0.2) is 30.6 Å². The Labute approximate surface area is 123 Å². The van der Waals surface area contributed by atoms with Crippen molar-refractivity contribution in [2.45, 2.75) is 38.1 Å². The highest BCUT2D eigenvalue weighted by molar-refractivity contribution is 5.53. The molecule has 0 unspecified atom stereocenters. The van der Waals surface area contributed by atoms with Crippen LogP contribution in [-0.4, -0.2) is 21.0 Å². The van der Waals surface area contributed by atoms with Crippen molar-refractivity contribution < 1.29 is 4.39 Å². The van der Waals surface area contributed by atoms with Crippen LogP contribution in [0.5, 0.6) is 0 Å².